The Morgan fingerprint density at radius 3 is 2.79 bits per heavy atom. The fraction of sp³-hybridized carbons (Fsp3) is 0.333. The van der Waals surface area contributed by atoms with E-state index in [1.807, 2.05) is 13.0 Å². The number of amides is 1. The van der Waals surface area contributed by atoms with Crippen LogP contribution in [0.4, 0.5) is 11.5 Å². The molecule has 1 aliphatic heterocycles. The van der Waals surface area contributed by atoms with Gasteiger partial charge in [0.1, 0.15) is 23.5 Å². The summed E-state index contributed by atoms with van der Waals surface area (Å²) in [4.78, 5) is 34.4. The van der Waals surface area contributed by atoms with Gasteiger partial charge in [0.2, 0.25) is 0 Å². The van der Waals surface area contributed by atoms with Crippen LogP contribution >= 0.6 is 11.6 Å². The van der Waals surface area contributed by atoms with Crippen molar-refractivity contribution in [1.29, 1.82) is 0 Å². The number of anilines is 2. The van der Waals surface area contributed by atoms with Gasteiger partial charge in [-0.2, -0.15) is 0 Å². The summed E-state index contributed by atoms with van der Waals surface area (Å²) >= 11 is 6.05. The van der Waals surface area contributed by atoms with Gasteiger partial charge in [0.15, 0.2) is 0 Å². The van der Waals surface area contributed by atoms with Gasteiger partial charge < -0.3 is 15.2 Å². The first-order valence-electron chi connectivity index (χ1n) is 9.74. The molecule has 150 valence electrons. The van der Waals surface area contributed by atoms with Crippen LogP contribution in [0.1, 0.15) is 41.7 Å². The number of hydrogen-bond acceptors (Lipinski definition) is 5. The Hall–Kier alpha value is -2.93. The number of hydrogen-bond donors (Lipinski definition) is 2. The van der Waals surface area contributed by atoms with E-state index >= 15 is 0 Å². The van der Waals surface area contributed by atoms with Crippen molar-refractivity contribution in [2.24, 2.45) is 0 Å². The number of halogens is 1. The summed E-state index contributed by atoms with van der Waals surface area (Å²) in [7, 11) is 0. The van der Waals surface area contributed by atoms with Crippen molar-refractivity contribution in [2.75, 3.05) is 11.9 Å². The zero-order valence-electron chi connectivity index (χ0n) is 16.2. The summed E-state index contributed by atoms with van der Waals surface area (Å²) in [6.45, 7) is 2.99. The first-order chi connectivity index (χ1) is 14.0. The lowest BCUT2D eigenvalue weighted by molar-refractivity contribution is 0.0940. The summed E-state index contributed by atoms with van der Waals surface area (Å²) in [6, 6.07) is 7.04. The Labute approximate surface area is 173 Å². The molecule has 0 radical (unpaired) electrons. The minimum atomic E-state index is -0.234. The first kappa shape index (κ1) is 19.4. The standard InChI is InChI=1S/C21H22ClN5O2/c1-13-10-17(26-19-15-7-6-14(22)11-16(15)24-12-25-19)21(29)27-9-5-3-2-4-8-23-20(28)18(13)27/h6-7,10-12H,2-5,8-9H2,1H3,(H,23,28)(H,24,25,26). The number of nitrogens with one attached hydrogen (secondary N) is 2. The van der Waals surface area contributed by atoms with Gasteiger partial charge in [-0.05, 0) is 49.6 Å². The van der Waals surface area contributed by atoms with Crippen LogP contribution in [-0.4, -0.2) is 27.0 Å². The molecule has 4 rings (SSSR count). The van der Waals surface area contributed by atoms with Crippen molar-refractivity contribution in [1.82, 2.24) is 19.9 Å². The van der Waals surface area contributed by atoms with Crippen molar-refractivity contribution in [3.05, 3.63) is 57.2 Å². The number of carbonyl (C=O) groups excluding carboxylic acids is 1. The zero-order valence-corrected chi connectivity index (χ0v) is 16.9. The molecule has 0 fully saturated rings. The molecule has 0 unspecified atom stereocenters. The lowest BCUT2D eigenvalue weighted by Gasteiger charge is -2.19. The lowest BCUT2D eigenvalue weighted by atomic mass is 10.1. The molecule has 0 saturated carbocycles. The van der Waals surface area contributed by atoms with Crippen molar-refractivity contribution in [3.8, 4) is 0 Å². The van der Waals surface area contributed by atoms with Crippen LogP contribution in [0.25, 0.3) is 10.9 Å². The Kier molecular flexibility index (Phi) is 5.49. The first-order valence-corrected chi connectivity index (χ1v) is 10.1. The Balaban J connectivity index is 1.79. The largest absolute Gasteiger partial charge is 0.351 e. The highest BCUT2D eigenvalue weighted by Crippen LogP contribution is 2.25. The average Bonchev–Trinajstić information content (AvgIpc) is 2.70. The van der Waals surface area contributed by atoms with Gasteiger partial charge in [0, 0.05) is 23.5 Å². The summed E-state index contributed by atoms with van der Waals surface area (Å²) in [5.74, 6) is 0.322. The van der Waals surface area contributed by atoms with E-state index in [9.17, 15) is 9.59 Å². The number of carbonyl (C=O) groups is 1. The minimum Gasteiger partial charge on any atom is -0.351 e. The Morgan fingerprint density at radius 1 is 1.10 bits per heavy atom. The van der Waals surface area contributed by atoms with E-state index < -0.39 is 0 Å². The van der Waals surface area contributed by atoms with Crippen LogP contribution in [0.3, 0.4) is 0 Å². The fourth-order valence-corrected chi connectivity index (χ4v) is 3.87. The number of pyridine rings is 1. The molecule has 1 aromatic carbocycles. The highest BCUT2D eigenvalue weighted by atomic mass is 35.5. The molecule has 3 aromatic rings. The molecule has 1 aliphatic rings. The van der Waals surface area contributed by atoms with Crippen LogP contribution in [0.5, 0.6) is 0 Å². The highest BCUT2D eigenvalue weighted by Gasteiger charge is 2.20. The topological polar surface area (TPSA) is 88.9 Å². The predicted octanol–water partition coefficient (Wildman–Crippen LogP) is 3.80. The van der Waals surface area contributed by atoms with Crippen molar-refractivity contribution < 1.29 is 4.79 Å². The molecule has 29 heavy (non-hydrogen) atoms. The molecule has 0 spiro atoms. The third-order valence-electron chi connectivity index (χ3n) is 5.14. The minimum absolute atomic E-state index is 0.199. The molecule has 7 nitrogen and oxygen atoms in total. The smallest absolute Gasteiger partial charge is 0.274 e. The number of fused-ring (bicyclic) bond motifs is 2. The van der Waals surface area contributed by atoms with Gasteiger partial charge in [-0.1, -0.05) is 24.4 Å². The molecular weight excluding hydrogens is 390 g/mol. The number of nitrogens with zero attached hydrogens (tertiary/aromatic N) is 3. The van der Waals surface area contributed by atoms with Gasteiger partial charge in [-0.25, -0.2) is 9.97 Å². The molecule has 2 aromatic heterocycles. The Morgan fingerprint density at radius 2 is 1.93 bits per heavy atom. The van der Waals surface area contributed by atoms with Gasteiger partial charge in [-0.3, -0.25) is 9.59 Å². The van der Waals surface area contributed by atoms with Gasteiger partial charge in [0.05, 0.1) is 5.52 Å². The van der Waals surface area contributed by atoms with Crippen molar-refractivity contribution in [3.63, 3.8) is 0 Å². The van der Waals surface area contributed by atoms with Gasteiger partial charge in [-0.15, -0.1) is 0 Å². The lowest BCUT2D eigenvalue weighted by Crippen LogP contribution is -2.35. The van der Waals surface area contributed by atoms with E-state index in [0.717, 1.165) is 36.6 Å². The second kappa shape index (κ2) is 8.21. The summed E-state index contributed by atoms with van der Waals surface area (Å²) in [6.07, 6.45) is 5.31. The van der Waals surface area contributed by atoms with E-state index in [-0.39, 0.29) is 11.5 Å². The van der Waals surface area contributed by atoms with Gasteiger partial charge >= 0.3 is 0 Å². The number of aromatic nitrogens is 3. The van der Waals surface area contributed by atoms with E-state index in [1.54, 1.807) is 22.8 Å². The molecular formula is C21H22ClN5O2. The van der Waals surface area contributed by atoms with Crippen molar-refractivity contribution >= 4 is 39.9 Å². The van der Waals surface area contributed by atoms with Crippen LogP contribution < -0.4 is 16.2 Å². The molecule has 3 heterocycles. The third-order valence-corrected chi connectivity index (χ3v) is 5.38. The highest BCUT2D eigenvalue weighted by molar-refractivity contribution is 6.31. The van der Waals surface area contributed by atoms with E-state index in [4.69, 9.17) is 11.6 Å². The molecule has 0 atom stereocenters. The zero-order chi connectivity index (χ0) is 20.4. The Bertz CT molecular complexity index is 1140. The molecule has 2 N–H and O–H groups in total. The molecule has 0 bridgehead atoms. The maximum absolute atomic E-state index is 13.2. The predicted molar refractivity (Wildman–Crippen MR) is 114 cm³/mol. The number of rotatable bonds is 2. The maximum Gasteiger partial charge on any atom is 0.274 e. The van der Waals surface area contributed by atoms with E-state index in [1.165, 1.54) is 6.33 Å². The third kappa shape index (κ3) is 3.96. The van der Waals surface area contributed by atoms with Crippen LogP contribution in [0.2, 0.25) is 5.02 Å². The molecule has 0 aliphatic carbocycles. The SMILES string of the molecule is Cc1cc(Nc2ncnc3cc(Cl)ccc23)c(=O)n2c1C(=O)NCCCCCC2. The summed E-state index contributed by atoms with van der Waals surface area (Å²) in [5.41, 5.74) is 2.01. The van der Waals surface area contributed by atoms with E-state index in [2.05, 4.69) is 20.6 Å². The molecule has 0 saturated heterocycles. The second-order valence-electron chi connectivity index (χ2n) is 7.23. The fourth-order valence-electron chi connectivity index (χ4n) is 3.70. The number of benzene rings is 1. The molecule has 1 amide bonds. The normalized spacial score (nSPS) is 14.9. The second-order valence-corrected chi connectivity index (χ2v) is 7.66. The van der Waals surface area contributed by atoms with Crippen LogP contribution in [0, 0.1) is 6.92 Å². The molecule has 8 heteroatoms. The summed E-state index contributed by atoms with van der Waals surface area (Å²) < 4.78 is 1.58. The average molecular weight is 412 g/mol. The number of aryl methyl sites for hydroxylation is 1. The quantitative estimate of drug-likeness (QED) is 0.669. The van der Waals surface area contributed by atoms with Crippen molar-refractivity contribution in [2.45, 2.75) is 39.2 Å². The van der Waals surface area contributed by atoms with Gasteiger partial charge in [0.25, 0.3) is 11.5 Å². The summed E-state index contributed by atoms with van der Waals surface area (Å²) in [5, 5.41) is 7.41. The van der Waals surface area contributed by atoms with Crippen LogP contribution in [0.15, 0.2) is 35.4 Å². The maximum atomic E-state index is 13.2. The van der Waals surface area contributed by atoms with Crippen LogP contribution in [-0.2, 0) is 6.54 Å². The monoisotopic (exact) mass is 411 g/mol. The van der Waals surface area contributed by atoms with E-state index in [0.29, 0.717) is 40.8 Å².